The van der Waals surface area contributed by atoms with Crippen LogP contribution in [0.5, 0.6) is 0 Å². The third kappa shape index (κ3) is 3.90. The van der Waals surface area contributed by atoms with E-state index in [4.69, 9.17) is 14.6 Å². The Morgan fingerprint density at radius 1 is 1.14 bits per heavy atom. The van der Waals surface area contributed by atoms with Gasteiger partial charge in [0.2, 0.25) is 6.29 Å². The Hall–Kier alpha value is -1.77. The number of hydrogen-bond acceptors (Lipinski definition) is 7. The molecule has 1 saturated heterocycles. The van der Waals surface area contributed by atoms with Crippen LogP contribution in [0.15, 0.2) is 36.4 Å². The van der Waals surface area contributed by atoms with Gasteiger partial charge in [-0.25, -0.2) is 4.79 Å². The van der Waals surface area contributed by atoms with E-state index in [9.17, 15) is 20.1 Å². The maximum absolute atomic E-state index is 11.7. The van der Waals surface area contributed by atoms with Crippen LogP contribution in [0.4, 0.5) is 0 Å². The van der Waals surface area contributed by atoms with Gasteiger partial charge >= 0.3 is 5.97 Å². The average molecular weight is 310 g/mol. The maximum atomic E-state index is 11.7. The molecule has 4 N–H and O–H groups in total. The van der Waals surface area contributed by atoms with E-state index in [2.05, 4.69) is 0 Å². The molecule has 0 bridgehead atoms. The molecule has 1 aliphatic rings. The summed E-state index contributed by atoms with van der Waals surface area (Å²) in [4.78, 5) is 11.7. The molecule has 120 valence electrons. The zero-order valence-electron chi connectivity index (χ0n) is 11.6. The number of carbonyl (C=O) groups is 1. The molecule has 1 aromatic rings. The lowest BCUT2D eigenvalue weighted by Gasteiger charge is -2.38. The van der Waals surface area contributed by atoms with Crippen LogP contribution in [0, 0.1) is 0 Å². The lowest BCUT2D eigenvalue weighted by atomic mass is 9.99. The fourth-order valence-electron chi connectivity index (χ4n) is 2.05. The summed E-state index contributed by atoms with van der Waals surface area (Å²) in [6, 6.07) is 9.03. The molecule has 0 unspecified atom stereocenters. The van der Waals surface area contributed by atoms with Gasteiger partial charge in [0.15, 0.2) is 0 Å². The number of ether oxygens (including phenoxy) is 2. The second-order valence-electron chi connectivity index (χ2n) is 4.88. The van der Waals surface area contributed by atoms with Crippen LogP contribution >= 0.6 is 0 Å². The minimum Gasteiger partial charge on any atom is -0.430 e. The van der Waals surface area contributed by atoms with Crippen LogP contribution in [0.1, 0.15) is 5.56 Å². The van der Waals surface area contributed by atoms with Gasteiger partial charge in [-0.05, 0) is 11.6 Å². The van der Waals surface area contributed by atoms with Gasteiger partial charge in [0.25, 0.3) is 0 Å². The molecule has 1 aromatic carbocycles. The highest BCUT2D eigenvalue weighted by atomic mass is 16.7. The average Bonchev–Trinajstić information content (AvgIpc) is 2.54. The summed E-state index contributed by atoms with van der Waals surface area (Å²) in [5.41, 5.74) is 0.785. The lowest BCUT2D eigenvalue weighted by Crippen LogP contribution is -2.59. The van der Waals surface area contributed by atoms with Crippen molar-refractivity contribution < 1.29 is 34.7 Å². The first kappa shape index (κ1) is 16.6. The zero-order chi connectivity index (χ0) is 16.1. The quantitative estimate of drug-likeness (QED) is 0.418. The van der Waals surface area contributed by atoms with Crippen LogP contribution in [-0.4, -0.2) is 63.7 Å². The van der Waals surface area contributed by atoms with Crippen molar-refractivity contribution >= 4 is 12.0 Å². The van der Waals surface area contributed by atoms with Gasteiger partial charge in [-0.1, -0.05) is 30.3 Å². The third-order valence-electron chi connectivity index (χ3n) is 3.29. The van der Waals surface area contributed by atoms with Crippen LogP contribution in [0.2, 0.25) is 0 Å². The molecular weight excluding hydrogens is 292 g/mol. The van der Waals surface area contributed by atoms with Crippen molar-refractivity contribution in [2.75, 3.05) is 6.61 Å². The summed E-state index contributed by atoms with van der Waals surface area (Å²) in [5.74, 6) is -0.784. The molecule has 1 aliphatic heterocycles. The van der Waals surface area contributed by atoms with E-state index >= 15 is 0 Å². The Balaban J connectivity index is 1.97. The maximum Gasteiger partial charge on any atom is 0.333 e. The Kier molecular flexibility index (Phi) is 5.64. The first-order chi connectivity index (χ1) is 10.5. The fourth-order valence-corrected chi connectivity index (χ4v) is 2.05. The van der Waals surface area contributed by atoms with Crippen LogP contribution < -0.4 is 0 Å². The van der Waals surface area contributed by atoms with Crippen molar-refractivity contribution in [2.45, 2.75) is 30.7 Å². The van der Waals surface area contributed by atoms with Gasteiger partial charge in [-0.3, -0.25) is 0 Å². The van der Waals surface area contributed by atoms with Crippen molar-refractivity contribution in [3.05, 3.63) is 42.0 Å². The summed E-state index contributed by atoms with van der Waals surface area (Å²) in [6.45, 7) is -0.584. The van der Waals surface area contributed by atoms with Gasteiger partial charge in [0.1, 0.15) is 24.4 Å². The van der Waals surface area contributed by atoms with E-state index in [1.165, 1.54) is 6.08 Å². The van der Waals surface area contributed by atoms with Gasteiger partial charge in [0.05, 0.1) is 6.61 Å². The number of esters is 1. The summed E-state index contributed by atoms with van der Waals surface area (Å²) >= 11 is 0. The number of aliphatic hydroxyl groups is 4. The Morgan fingerprint density at radius 3 is 2.45 bits per heavy atom. The zero-order valence-corrected chi connectivity index (χ0v) is 11.6. The molecule has 0 aliphatic carbocycles. The molecule has 1 heterocycles. The molecule has 0 amide bonds. The van der Waals surface area contributed by atoms with Crippen molar-refractivity contribution in [1.82, 2.24) is 0 Å². The number of carbonyl (C=O) groups excluding carboxylic acids is 1. The SMILES string of the molecule is O=C(C=Cc1ccccc1)O[C@@H]1O[C@H](CO)[C@@H](O)[C@H](O)[C@H]1O. The Labute approximate surface area is 127 Å². The summed E-state index contributed by atoms with van der Waals surface area (Å²) < 4.78 is 9.96. The van der Waals surface area contributed by atoms with Gasteiger partial charge in [-0.15, -0.1) is 0 Å². The molecule has 0 aromatic heterocycles. The molecule has 0 radical (unpaired) electrons. The van der Waals surface area contributed by atoms with E-state index in [1.54, 1.807) is 12.1 Å². The minimum atomic E-state index is -1.60. The summed E-state index contributed by atoms with van der Waals surface area (Å²) in [5, 5.41) is 38.0. The normalized spacial score (nSPS) is 32.1. The molecule has 7 nitrogen and oxygen atoms in total. The molecule has 22 heavy (non-hydrogen) atoms. The van der Waals surface area contributed by atoms with Gasteiger partial charge < -0.3 is 29.9 Å². The molecule has 0 spiro atoms. The van der Waals surface area contributed by atoms with E-state index in [1.807, 2.05) is 18.2 Å². The lowest BCUT2D eigenvalue weighted by molar-refractivity contribution is -0.291. The van der Waals surface area contributed by atoms with Gasteiger partial charge in [-0.2, -0.15) is 0 Å². The molecule has 2 rings (SSSR count). The largest absolute Gasteiger partial charge is 0.430 e. The van der Waals surface area contributed by atoms with Gasteiger partial charge in [0, 0.05) is 6.08 Å². The number of hydrogen-bond donors (Lipinski definition) is 4. The van der Waals surface area contributed by atoms with Crippen molar-refractivity contribution in [3.8, 4) is 0 Å². The van der Waals surface area contributed by atoms with Crippen molar-refractivity contribution in [3.63, 3.8) is 0 Å². The Bertz CT molecular complexity index is 514. The number of benzene rings is 1. The highest BCUT2D eigenvalue weighted by Crippen LogP contribution is 2.22. The molecular formula is C15H18O7. The second kappa shape index (κ2) is 7.48. The summed E-state index contributed by atoms with van der Waals surface area (Å²) in [6.07, 6.45) is -4.59. The highest BCUT2D eigenvalue weighted by Gasteiger charge is 2.45. The first-order valence-electron chi connectivity index (χ1n) is 6.77. The molecule has 5 atom stereocenters. The Morgan fingerprint density at radius 2 is 1.82 bits per heavy atom. The smallest absolute Gasteiger partial charge is 0.333 e. The standard InChI is InChI=1S/C15H18O7/c16-8-10-12(18)13(19)14(20)15(21-10)22-11(17)7-6-9-4-2-1-3-5-9/h1-7,10,12-16,18-20H,8H2/t10-,12-,13+,14-,15+/m1/s1. The summed E-state index contributed by atoms with van der Waals surface area (Å²) in [7, 11) is 0. The predicted molar refractivity (Wildman–Crippen MR) is 75.3 cm³/mol. The van der Waals surface area contributed by atoms with E-state index in [0.717, 1.165) is 11.6 Å². The third-order valence-corrected chi connectivity index (χ3v) is 3.29. The second-order valence-corrected chi connectivity index (χ2v) is 4.88. The van der Waals surface area contributed by atoms with Crippen molar-refractivity contribution in [2.24, 2.45) is 0 Å². The minimum absolute atomic E-state index is 0.584. The van der Waals surface area contributed by atoms with E-state index < -0.39 is 43.3 Å². The topological polar surface area (TPSA) is 116 Å². The first-order valence-corrected chi connectivity index (χ1v) is 6.77. The molecule has 7 heteroatoms. The van der Waals surface area contributed by atoms with Crippen LogP contribution in [-0.2, 0) is 14.3 Å². The molecule has 0 saturated carbocycles. The number of rotatable bonds is 4. The van der Waals surface area contributed by atoms with E-state index in [0.29, 0.717) is 0 Å². The predicted octanol–water partition coefficient (Wildman–Crippen LogP) is -0.957. The van der Waals surface area contributed by atoms with E-state index in [-0.39, 0.29) is 0 Å². The fraction of sp³-hybridized carbons (Fsp3) is 0.400. The van der Waals surface area contributed by atoms with Crippen LogP contribution in [0.3, 0.4) is 0 Å². The highest BCUT2D eigenvalue weighted by molar-refractivity contribution is 5.87. The van der Waals surface area contributed by atoms with Crippen LogP contribution in [0.25, 0.3) is 6.08 Å². The number of aliphatic hydroxyl groups excluding tert-OH is 4. The molecule has 1 fully saturated rings. The van der Waals surface area contributed by atoms with Crippen molar-refractivity contribution in [1.29, 1.82) is 0 Å². The monoisotopic (exact) mass is 310 g/mol.